The summed E-state index contributed by atoms with van der Waals surface area (Å²) in [4.78, 5) is 4.32. The highest BCUT2D eigenvalue weighted by Gasteiger charge is 2.21. The van der Waals surface area contributed by atoms with Gasteiger partial charge in [0.05, 0.1) is 13.2 Å². The summed E-state index contributed by atoms with van der Waals surface area (Å²) in [5.74, 6) is 1.41. The highest BCUT2D eigenvalue weighted by Crippen LogP contribution is 2.20. The molecular weight excluding hydrogens is 341 g/mol. The first-order chi connectivity index (χ1) is 8.29. The molecular formula is C13H20IN3O. The second-order valence-corrected chi connectivity index (χ2v) is 4.16. The van der Waals surface area contributed by atoms with Crippen molar-refractivity contribution in [1.29, 1.82) is 0 Å². The highest BCUT2D eigenvalue weighted by molar-refractivity contribution is 14.0. The van der Waals surface area contributed by atoms with Gasteiger partial charge in [-0.2, -0.15) is 0 Å². The largest absolute Gasteiger partial charge is 0.494 e. The van der Waals surface area contributed by atoms with E-state index in [4.69, 9.17) is 10.5 Å². The van der Waals surface area contributed by atoms with E-state index in [-0.39, 0.29) is 24.0 Å². The Kier molecular flexibility index (Phi) is 6.24. The predicted octanol–water partition coefficient (Wildman–Crippen LogP) is 2.27. The molecule has 0 radical (unpaired) electrons. The number of ether oxygens (including phenoxy) is 1. The van der Waals surface area contributed by atoms with E-state index in [0.717, 1.165) is 11.3 Å². The molecule has 0 amide bonds. The Morgan fingerprint density at radius 1 is 1.44 bits per heavy atom. The summed E-state index contributed by atoms with van der Waals surface area (Å²) in [5.41, 5.74) is 6.85. The molecule has 1 aliphatic rings. The molecule has 1 fully saturated rings. The van der Waals surface area contributed by atoms with Crippen molar-refractivity contribution in [2.24, 2.45) is 10.7 Å². The van der Waals surface area contributed by atoms with E-state index in [2.05, 4.69) is 10.3 Å². The predicted molar refractivity (Wildman–Crippen MR) is 84.5 cm³/mol. The molecule has 0 saturated heterocycles. The molecule has 0 aromatic heterocycles. The van der Waals surface area contributed by atoms with Crippen molar-refractivity contribution in [2.75, 3.05) is 6.61 Å². The van der Waals surface area contributed by atoms with Crippen LogP contribution in [0.2, 0.25) is 0 Å². The van der Waals surface area contributed by atoms with Gasteiger partial charge >= 0.3 is 0 Å². The van der Waals surface area contributed by atoms with Crippen molar-refractivity contribution in [2.45, 2.75) is 32.4 Å². The zero-order chi connectivity index (χ0) is 12.1. The maximum Gasteiger partial charge on any atom is 0.189 e. The molecule has 0 spiro atoms. The van der Waals surface area contributed by atoms with Crippen LogP contribution in [0.25, 0.3) is 0 Å². The van der Waals surface area contributed by atoms with Crippen molar-refractivity contribution in [1.82, 2.24) is 5.32 Å². The topological polar surface area (TPSA) is 59.6 Å². The van der Waals surface area contributed by atoms with Gasteiger partial charge in [-0.25, -0.2) is 4.99 Å². The van der Waals surface area contributed by atoms with Crippen molar-refractivity contribution >= 4 is 29.9 Å². The third-order valence-corrected chi connectivity index (χ3v) is 2.62. The maximum atomic E-state index is 5.78. The van der Waals surface area contributed by atoms with Gasteiger partial charge in [0.2, 0.25) is 0 Å². The number of nitrogens with two attached hydrogens (primary N) is 1. The Hall–Kier alpha value is -0.980. The normalized spacial score (nSPS) is 14.8. The van der Waals surface area contributed by atoms with Crippen LogP contribution >= 0.6 is 24.0 Å². The van der Waals surface area contributed by atoms with Crippen molar-refractivity contribution in [3.05, 3.63) is 29.8 Å². The Morgan fingerprint density at radius 2 is 2.17 bits per heavy atom. The summed E-state index contributed by atoms with van der Waals surface area (Å²) in [5, 5.41) is 3.16. The van der Waals surface area contributed by atoms with Crippen LogP contribution in [0.15, 0.2) is 29.3 Å². The lowest BCUT2D eigenvalue weighted by molar-refractivity contribution is 0.336. The Morgan fingerprint density at radius 3 is 2.83 bits per heavy atom. The number of halogens is 1. The minimum atomic E-state index is 0. The second kappa shape index (κ2) is 7.45. The standard InChI is InChI=1S/C13H19N3O.HI/c1-2-17-12-6-4-3-5-10(12)9-15-13(14)16-11-7-8-11;/h3-6,11H,2,7-9H2,1H3,(H3,14,15,16);1H. The molecule has 1 aromatic carbocycles. The van der Waals surface area contributed by atoms with Crippen LogP contribution in [0.1, 0.15) is 25.3 Å². The van der Waals surface area contributed by atoms with E-state index < -0.39 is 0 Å². The summed E-state index contributed by atoms with van der Waals surface area (Å²) >= 11 is 0. The number of nitrogens with one attached hydrogen (secondary N) is 1. The number of aliphatic imine (C=N–C) groups is 1. The van der Waals surface area contributed by atoms with Gasteiger partial charge in [0, 0.05) is 11.6 Å². The summed E-state index contributed by atoms with van der Waals surface area (Å²) in [7, 11) is 0. The molecule has 1 aliphatic carbocycles. The first kappa shape index (κ1) is 15.1. The number of rotatable bonds is 5. The van der Waals surface area contributed by atoms with Crippen LogP contribution in [0, 0.1) is 0 Å². The van der Waals surface area contributed by atoms with Gasteiger partial charge in [0.15, 0.2) is 5.96 Å². The molecule has 5 heteroatoms. The maximum absolute atomic E-state index is 5.78. The average Bonchev–Trinajstić information content (AvgIpc) is 3.12. The molecule has 1 saturated carbocycles. The quantitative estimate of drug-likeness (QED) is 0.481. The fourth-order valence-corrected chi connectivity index (χ4v) is 1.58. The zero-order valence-electron chi connectivity index (χ0n) is 10.6. The molecule has 0 atom stereocenters. The van der Waals surface area contributed by atoms with Gasteiger partial charge in [-0.15, -0.1) is 24.0 Å². The van der Waals surface area contributed by atoms with Gasteiger partial charge < -0.3 is 15.8 Å². The zero-order valence-corrected chi connectivity index (χ0v) is 12.9. The summed E-state index contributed by atoms with van der Waals surface area (Å²) in [6.07, 6.45) is 2.40. The van der Waals surface area contributed by atoms with Gasteiger partial charge in [-0.05, 0) is 25.8 Å². The van der Waals surface area contributed by atoms with Gasteiger partial charge in [0.1, 0.15) is 5.75 Å². The number of para-hydroxylation sites is 1. The van der Waals surface area contributed by atoms with Crippen molar-refractivity contribution in [3.63, 3.8) is 0 Å². The molecule has 4 nitrogen and oxygen atoms in total. The number of nitrogens with zero attached hydrogens (tertiary/aromatic N) is 1. The number of guanidine groups is 1. The smallest absolute Gasteiger partial charge is 0.189 e. The Labute approximate surface area is 125 Å². The summed E-state index contributed by atoms with van der Waals surface area (Å²) in [6.45, 7) is 3.20. The first-order valence-electron chi connectivity index (χ1n) is 6.06. The van der Waals surface area contributed by atoms with Gasteiger partial charge in [-0.3, -0.25) is 0 Å². The van der Waals surface area contributed by atoms with Gasteiger partial charge in [-0.1, -0.05) is 18.2 Å². The van der Waals surface area contributed by atoms with Crippen LogP contribution in [0.4, 0.5) is 0 Å². The van der Waals surface area contributed by atoms with Crippen molar-refractivity contribution < 1.29 is 4.74 Å². The molecule has 0 aliphatic heterocycles. The number of hydrogen-bond donors (Lipinski definition) is 2. The third-order valence-electron chi connectivity index (χ3n) is 2.62. The molecule has 1 aromatic rings. The van der Waals surface area contributed by atoms with Crippen LogP contribution in [0.5, 0.6) is 5.75 Å². The average molecular weight is 361 g/mol. The SMILES string of the molecule is CCOc1ccccc1CN=C(N)NC1CC1.I. The van der Waals surface area contributed by atoms with E-state index in [0.29, 0.717) is 25.2 Å². The fraction of sp³-hybridized carbons (Fsp3) is 0.462. The molecule has 0 bridgehead atoms. The molecule has 0 heterocycles. The first-order valence-corrected chi connectivity index (χ1v) is 6.06. The monoisotopic (exact) mass is 361 g/mol. The Balaban J connectivity index is 0.00000162. The number of hydrogen-bond acceptors (Lipinski definition) is 2. The molecule has 18 heavy (non-hydrogen) atoms. The lowest BCUT2D eigenvalue weighted by atomic mass is 10.2. The van der Waals surface area contributed by atoms with Crippen LogP contribution < -0.4 is 15.8 Å². The molecule has 0 unspecified atom stereocenters. The summed E-state index contributed by atoms with van der Waals surface area (Å²) < 4.78 is 5.53. The van der Waals surface area contributed by atoms with E-state index in [9.17, 15) is 0 Å². The van der Waals surface area contributed by atoms with Crippen molar-refractivity contribution in [3.8, 4) is 5.75 Å². The molecule has 2 rings (SSSR count). The Bertz CT molecular complexity index is 405. The molecule has 3 N–H and O–H groups in total. The number of benzene rings is 1. The van der Waals surface area contributed by atoms with Crippen LogP contribution in [-0.4, -0.2) is 18.6 Å². The minimum absolute atomic E-state index is 0. The third kappa shape index (κ3) is 4.72. The van der Waals surface area contributed by atoms with Gasteiger partial charge in [0.25, 0.3) is 0 Å². The van der Waals surface area contributed by atoms with E-state index in [1.165, 1.54) is 12.8 Å². The second-order valence-electron chi connectivity index (χ2n) is 4.16. The van der Waals surface area contributed by atoms with E-state index in [1.54, 1.807) is 0 Å². The lowest BCUT2D eigenvalue weighted by Crippen LogP contribution is -2.33. The fourth-order valence-electron chi connectivity index (χ4n) is 1.58. The van der Waals surface area contributed by atoms with Crippen LogP contribution in [-0.2, 0) is 6.54 Å². The highest BCUT2D eigenvalue weighted by atomic mass is 127. The van der Waals surface area contributed by atoms with Crippen LogP contribution in [0.3, 0.4) is 0 Å². The van der Waals surface area contributed by atoms with E-state index in [1.807, 2.05) is 31.2 Å². The minimum Gasteiger partial charge on any atom is -0.494 e. The van der Waals surface area contributed by atoms with E-state index >= 15 is 0 Å². The molecule has 100 valence electrons. The lowest BCUT2D eigenvalue weighted by Gasteiger charge is -2.08. The summed E-state index contributed by atoms with van der Waals surface area (Å²) in [6, 6.07) is 8.46.